The van der Waals surface area contributed by atoms with E-state index in [1.54, 1.807) is 0 Å². The topological polar surface area (TPSA) is 43.1 Å². The number of Topliss-reactive ketones (excluding diaryl/α,β-unsaturated/α-hetero) is 1. The first-order valence-electron chi connectivity index (χ1n) is 6.40. The molecule has 2 nitrogen and oxygen atoms in total. The van der Waals surface area contributed by atoms with Crippen LogP contribution >= 0.6 is 0 Å². The van der Waals surface area contributed by atoms with Gasteiger partial charge in [-0.2, -0.15) is 26.3 Å². The van der Waals surface area contributed by atoms with Crippen LogP contribution in [0, 0.1) is 5.92 Å². The van der Waals surface area contributed by atoms with E-state index < -0.39 is 35.2 Å². The zero-order valence-electron chi connectivity index (χ0n) is 11.4. The van der Waals surface area contributed by atoms with Crippen LogP contribution in [0.5, 0.6) is 0 Å². The molecule has 1 aliphatic carbocycles. The molecule has 2 N–H and O–H groups in total. The summed E-state index contributed by atoms with van der Waals surface area (Å²) in [7, 11) is 0. The maximum atomic E-state index is 13.2. The minimum absolute atomic E-state index is 0.148. The summed E-state index contributed by atoms with van der Waals surface area (Å²) in [5, 5.41) is 0. The summed E-state index contributed by atoms with van der Waals surface area (Å²) in [5.74, 6) is -3.33. The number of hydrogen-bond donors (Lipinski definition) is 1. The molecule has 0 spiro atoms. The van der Waals surface area contributed by atoms with Gasteiger partial charge in [-0.1, -0.05) is 48.6 Å². The first kappa shape index (κ1) is 17.3. The van der Waals surface area contributed by atoms with Crippen LogP contribution in [0.3, 0.4) is 0 Å². The molecule has 0 aliphatic heterocycles. The van der Waals surface area contributed by atoms with E-state index in [9.17, 15) is 31.1 Å². The van der Waals surface area contributed by atoms with Gasteiger partial charge in [0.1, 0.15) is 5.54 Å². The van der Waals surface area contributed by atoms with Gasteiger partial charge in [-0.05, 0) is 0 Å². The lowest BCUT2D eigenvalue weighted by Crippen LogP contribution is -2.60. The lowest BCUT2D eigenvalue weighted by molar-refractivity contribution is -0.178. The summed E-state index contributed by atoms with van der Waals surface area (Å²) in [6.07, 6.45) is -9.28. The predicted molar refractivity (Wildman–Crippen MR) is 70.5 cm³/mol. The molecular weight excluding hydrogens is 324 g/mol. The van der Waals surface area contributed by atoms with Crippen molar-refractivity contribution in [3.63, 3.8) is 0 Å². The van der Waals surface area contributed by atoms with E-state index in [1.165, 1.54) is 30.3 Å². The van der Waals surface area contributed by atoms with E-state index in [4.69, 9.17) is 5.73 Å². The molecule has 1 aromatic rings. The molecule has 0 radical (unpaired) electrons. The van der Waals surface area contributed by atoms with Gasteiger partial charge in [0.05, 0.1) is 11.5 Å². The summed E-state index contributed by atoms with van der Waals surface area (Å²) >= 11 is 0. The zero-order chi connectivity index (χ0) is 17.5. The van der Waals surface area contributed by atoms with Gasteiger partial charge in [-0.25, -0.2) is 0 Å². The number of carbonyl (C=O) groups is 1. The number of alkyl halides is 6. The van der Waals surface area contributed by atoms with Crippen molar-refractivity contribution < 1.29 is 31.1 Å². The van der Waals surface area contributed by atoms with Gasteiger partial charge in [0, 0.05) is 5.56 Å². The summed E-state index contributed by atoms with van der Waals surface area (Å²) < 4.78 is 78.0. The summed E-state index contributed by atoms with van der Waals surface area (Å²) in [4.78, 5) is 12.3. The van der Waals surface area contributed by atoms with Crippen molar-refractivity contribution in [2.24, 2.45) is 11.7 Å². The SMILES string of the molecule is NC1(C(F)(F)F)C=CC(C(F)(F)F)=CC1C(=O)c1ccccc1. The highest BCUT2D eigenvalue weighted by atomic mass is 19.4. The Balaban J connectivity index is 2.54. The number of hydrogen-bond acceptors (Lipinski definition) is 2. The van der Waals surface area contributed by atoms with Gasteiger partial charge in [0.2, 0.25) is 0 Å². The number of nitrogens with two attached hydrogens (primary N) is 1. The van der Waals surface area contributed by atoms with Gasteiger partial charge < -0.3 is 5.73 Å². The van der Waals surface area contributed by atoms with Crippen molar-refractivity contribution in [3.05, 3.63) is 59.7 Å². The summed E-state index contributed by atoms with van der Waals surface area (Å²) in [6.45, 7) is 0. The lowest BCUT2D eigenvalue weighted by Gasteiger charge is -2.37. The van der Waals surface area contributed by atoms with Crippen LogP contribution in [0.15, 0.2) is 54.1 Å². The molecular formula is C15H11F6NO. The van der Waals surface area contributed by atoms with Crippen LogP contribution in [-0.2, 0) is 0 Å². The van der Waals surface area contributed by atoms with Crippen LogP contribution in [0.1, 0.15) is 10.4 Å². The Kier molecular flexibility index (Phi) is 4.14. The largest absolute Gasteiger partial charge is 0.416 e. The molecule has 124 valence electrons. The molecule has 0 aromatic heterocycles. The van der Waals surface area contributed by atoms with Crippen molar-refractivity contribution in [1.29, 1.82) is 0 Å². The first-order valence-corrected chi connectivity index (χ1v) is 6.40. The maximum Gasteiger partial charge on any atom is 0.416 e. The Morgan fingerprint density at radius 2 is 1.61 bits per heavy atom. The van der Waals surface area contributed by atoms with Gasteiger partial charge in [-0.15, -0.1) is 0 Å². The fourth-order valence-corrected chi connectivity index (χ4v) is 2.24. The Labute approximate surface area is 127 Å². The van der Waals surface area contributed by atoms with E-state index in [0.717, 1.165) is 0 Å². The smallest absolute Gasteiger partial charge is 0.314 e. The molecule has 0 fully saturated rings. The number of carbonyl (C=O) groups excluding carboxylic acids is 1. The molecule has 0 bridgehead atoms. The number of benzene rings is 1. The van der Waals surface area contributed by atoms with Gasteiger partial charge in [0.15, 0.2) is 5.78 Å². The minimum Gasteiger partial charge on any atom is -0.314 e. The Morgan fingerprint density at radius 1 is 1.04 bits per heavy atom. The van der Waals surface area contributed by atoms with Crippen molar-refractivity contribution in [3.8, 4) is 0 Å². The number of rotatable bonds is 2. The lowest BCUT2D eigenvalue weighted by atomic mass is 9.75. The molecule has 0 saturated heterocycles. The van der Waals surface area contributed by atoms with Crippen molar-refractivity contribution >= 4 is 5.78 Å². The summed E-state index contributed by atoms with van der Waals surface area (Å²) in [6, 6.07) is 6.75. The zero-order valence-corrected chi connectivity index (χ0v) is 11.4. The second kappa shape index (κ2) is 5.52. The Morgan fingerprint density at radius 3 is 2.09 bits per heavy atom. The maximum absolute atomic E-state index is 13.2. The van der Waals surface area contributed by atoms with E-state index in [1.807, 2.05) is 0 Å². The van der Waals surface area contributed by atoms with E-state index >= 15 is 0 Å². The molecule has 1 aliphatic rings. The van der Waals surface area contributed by atoms with E-state index in [2.05, 4.69) is 0 Å². The van der Waals surface area contributed by atoms with Crippen LogP contribution in [0.4, 0.5) is 26.3 Å². The Hall–Kier alpha value is -2.09. The second-order valence-electron chi connectivity index (χ2n) is 5.09. The molecule has 2 atom stereocenters. The highest BCUT2D eigenvalue weighted by molar-refractivity contribution is 6.00. The molecule has 2 unspecified atom stereocenters. The van der Waals surface area contributed by atoms with Gasteiger partial charge in [0.25, 0.3) is 0 Å². The van der Waals surface area contributed by atoms with Crippen molar-refractivity contribution in [2.75, 3.05) is 0 Å². The molecule has 1 aromatic carbocycles. The third-order valence-corrected chi connectivity index (χ3v) is 3.56. The molecule has 0 heterocycles. The predicted octanol–water partition coefficient (Wildman–Crippen LogP) is 3.80. The fourth-order valence-electron chi connectivity index (χ4n) is 2.24. The average molecular weight is 335 g/mol. The van der Waals surface area contributed by atoms with Crippen LogP contribution < -0.4 is 5.73 Å². The fraction of sp³-hybridized carbons (Fsp3) is 0.267. The van der Waals surface area contributed by atoms with Gasteiger partial charge in [-0.3, -0.25) is 4.79 Å². The minimum atomic E-state index is -5.09. The van der Waals surface area contributed by atoms with Crippen LogP contribution in [0.2, 0.25) is 0 Å². The van der Waals surface area contributed by atoms with E-state index in [0.29, 0.717) is 0 Å². The Bertz CT molecular complexity index is 659. The quantitative estimate of drug-likeness (QED) is 0.660. The first-order chi connectivity index (χ1) is 10.5. The van der Waals surface area contributed by atoms with Crippen molar-refractivity contribution in [2.45, 2.75) is 17.9 Å². The molecule has 0 saturated carbocycles. The van der Waals surface area contributed by atoms with Crippen LogP contribution in [-0.4, -0.2) is 23.7 Å². The number of ketones is 1. The highest BCUT2D eigenvalue weighted by Gasteiger charge is 2.58. The van der Waals surface area contributed by atoms with Crippen molar-refractivity contribution in [1.82, 2.24) is 0 Å². The average Bonchev–Trinajstić information content (AvgIpc) is 2.45. The van der Waals surface area contributed by atoms with Gasteiger partial charge >= 0.3 is 12.4 Å². The molecule has 2 rings (SSSR count). The third-order valence-electron chi connectivity index (χ3n) is 3.56. The van der Waals surface area contributed by atoms with Crippen LogP contribution in [0.25, 0.3) is 0 Å². The summed E-state index contributed by atoms with van der Waals surface area (Å²) in [5.41, 5.74) is 0.595. The third kappa shape index (κ3) is 3.17. The van der Waals surface area contributed by atoms with E-state index in [-0.39, 0.29) is 23.8 Å². The molecule has 0 amide bonds. The number of halogens is 6. The number of allylic oxidation sites excluding steroid dienone is 2. The highest BCUT2D eigenvalue weighted by Crippen LogP contribution is 2.43. The monoisotopic (exact) mass is 335 g/mol. The molecule has 8 heteroatoms. The second-order valence-corrected chi connectivity index (χ2v) is 5.09. The normalized spacial score (nSPS) is 25.2. The standard InChI is InChI=1S/C15H11F6NO/c16-14(17,18)10-6-7-13(22,15(19,20)21)11(8-10)12(23)9-4-2-1-3-5-9/h1-8,11H,22H2. The molecule has 23 heavy (non-hydrogen) atoms.